The minimum absolute atomic E-state index is 0. The van der Waals surface area contributed by atoms with Gasteiger partial charge in [0.05, 0.1) is 0 Å². The van der Waals surface area contributed by atoms with Gasteiger partial charge >= 0.3 is 6.09 Å². The largest absolute Gasteiger partial charge is 0.465 e. The van der Waals surface area contributed by atoms with Crippen molar-refractivity contribution < 1.29 is 9.90 Å². The van der Waals surface area contributed by atoms with Gasteiger partial charge in [0.2, 0.25) is 0 Å². The van der Waals surface area contributed by atoms with Crippen LogP contribution in [0.25, 0.3) is 0 Å². The maximum atomic E-state index is 9.49. The smallest absolute Gasteiger partial charge is 0.404 e. The molecule has 1 atom stereocenters. The Morgan fingerprint density at radius 3 is 2.29 bits per heavy atom. The number of hydrogen-bond acceptors (Lipinski definition) is 1. The van der Waals surface area contributed by atoms with E-state index in [0.717, 1.165) is 0 Å². The van der Waals surface area contributed by atoms with Crippen LogP contribution in [0.2, 0.25) is 0 Å². The van der Waals surface area contributed by atoms with Gasteiger partial charge in [-0.1, -0.05) is 0 Å². The van der Waals surface area contributed by atoms with Crippen LogP contribution in [-0.2, 0) is 0 Å². The molecule has 0 aliphatic rings. The third kappa shape index (κ3) is 10.7. The van der Waals surface area contributed by atoms with Gasteiger partial charge in [0.25, 0.3) is 0 Å². The number of carbonyl (C=O) groups is 1. The fraction of sp³-hybridized carbons (Fsp3) is 0.667. The van der Waals surface area contributed by atoms with Crippen molar-refractivity contribution >= 4 is 16.0 Å². The van der Waals surface area contributed by atoms with E-state index in [4.69, 9.17) is 5.11 Å². The van der Waals surface area contributed by atoms with Crippen LogP contribution in [0.4, 0.5) is 4.79 Å². The highest BCUT2D eigenvalue weighted by Gasteiger charge is 1.82. The predicted octanol–water partition coefficient (Wildman–Crippen LogP) is 0.332. The fourth-order valence-electron chi connectivity index (χ4n) is 0.151. The van der Waals surface area contributed by atoms with Crippen LogP contribution in [0.3, 0.4) is 0 Å². The first kappa shape index (κ1) is 9.85. The van der Waals surface area contributed by atoms with E-state index in [9.17, 15) is 4.79 Å². The van der Waals surface area contributed by atoms with E-state index in [2.05, 4.69) is 5.32 Å². The normalized spacial score (nSPS) is 6.43. The summed E-state index contributed by atoms with van der Waals surface area (Å²) in [6.45, 7) is 2.21. The van der Waals surface area contributed by atoms with Gasteiger partial charge in [0, 0.05) is 6.54 Å². The molecule has 1 unspecified atom stereocenters. The zero-order chi connectivity index (χ0) is 4.99. The van der Waals surface area contributed by atoms with Crippen molar-refractivity contribution in [3.05, 3.63) is 0 Å². The summed E-state index contributed by atoms with van der Waals surface area (Å²) < 4.78 is 0. The summed E-state index contributed by atoms with van der Waals surface area (Å²) in [6.07, 6.45) is -0.961. The molecular weight excluding hydrogens is 113 g/mol. The monoisotopic (exact) mass is 123 g/mol. The maximum absolute atomic E-state index is 9.49. The molecular formula is C3H10NO2P. The molecule has 0 rings (SSSR count). The molecule has 3 nitrogen and oxygen atoms in total. The Bertz CT molecular complexity index is 56.9. The Balaban J connectivity index is 0. The zero-order valence-corrected chi connectivity index (χ0v) is 5.68. The standard InChI is InChI=1S/C3H7NO2.H3P/c1-2-4-3(5)6;/h4H,2H2,1H3,(H,5,6);1H3. The Morgan fingerprint density at radius 1 is 1.86 bits per heavy atom. The molecule has 0 fully saturated rings. The fourth-order valence-corrected chi connectivity index (χ4v) is 0.151. The van der Waals surface area contributed by atoms with Gasteiger partial charge in [0.1, 0.15) is 0 Å². The first-order valence-electron chi connectivity index (χ1n) is 1.74. The van der Waals surface area contributed by atoms with Crippen LogP contribution in [0, 0.1) is 0 Å². The molecule has 0 aromatic heterocycles. The molecule has 4 heteroatoms. The minimum atomic E-state index is -0.961. The maximum Gasteiger partial charge on any atom is 0.404 e. The molecule has 0 saturated heterocycles. The van der Waals surface area contributed by atoms with Crippen LogP contribution in [0.1, 0.15) is 6.92 Å². The molecule has 0 spiro atoms. The van der Waals surface area contributed by atoms with Crippen LogP contribution < -0.4 is 5.32 Å². The molecule has 0 aromatic rings. The van der Waals surface area contributed by atoms with Gasteiger partial charge in [-0.3, -0.25) is 0 Å². The average molecular weight is 123 g/mol. The van der Waals surface area contributed by atoms with Crippen molar-refractivity contribution in [1.82, 2.24) is 5.32 Å². The molecule has 1 amide bonds. The summed E-state index contributed by atoms with van der Waals surface area (Å²) >= 11 is 0. The van der Waals surface area contributed by atoms with E-state index in [1.807, 2.05) is 0 Å². The van der Waals surface area contributed by atoms with Gasteiger partial charge < -0.3 is 10.4 Å². The second kappa shape index (κ2) is 5.70. The topological polar surface area (TPSA) is 49.3 Å². The molecule has 44 valence electrons. The summed E-state index contributed by atoms with van der Waals surface area (Å²) in [4.78, 5) is 9.49. The van der Waals surface area contributed by atoms with Crippen LogP contribution >= 0.6 is 9.90 Å². The molecule has 0 aliphatic heterocycles. The van der Waals surface area contributed by atoms with Crippen LogP contribution in [0.5, 0.6) is 0 Å². The summed E-state index contributed by atoms with van der Waals surface area (Å²) in [6, 6.07) is 0. The molecule has 2 N–H and O–H groups in total. The molecule has 0 bridgehead atoms. The number of nitrogens with one attached hydrogen (secondary N) is 1. The van der Waals surface area contributed by atoms with Crippen molar-refractivity contribution in [3.8, 4) is 0 Å². The zero-order valence-electron chi connectivity index (χ0n) is 4.27. The van der Waals surface area contributed by atoms with Gasteiger partial charge in [-0.05, 0) is 6.92 Å². The summed E-state index contributed by atoms with van der Waals surface area (Å²) in [5.41, 5.74) is 0. The Hall–Kier alpha value is -0.300. The van der Waals surface area contributed by atoms with Gasteiger partial charge in [-0.15, -0.1) is 0 Å². The number of hydrogen-bond donors (Lipinski definition) is 2. The SMILES string of the molecule is CCNC(=O)O.P. The summed E-state index contributed by atoms with van der Waals surface area (Å²) in [5.74, 6) is 0. The van der Waals surface area contributed by atoms with E-state index in [-0.39, 0.29) is 9.90 Å². The average Bonchev–Trinajstić information content (AvgIpc) is 1.35. The van der Waals surface area contributed by atoms with Crippen molar-refractivity contribution in [2.24, 2.45) is 0 Å². The first-order chi connectivity index (χ1) is 2.77. The van der Waals surface area contributed by atoms with E-state index < -0.39 is 6.09 Å². The minimum Gasteiger partial charge on any atom is -0.465 e. The van der Waals surface area contributed by atoms with Gasteiger partial charge in [-0.2, -0.15) is 9.90 Å². The summed E-state index contributed by atoms with van der Waals surface area (Å²) in [7, 11) is 0. The lowest BCUT2D eigenvalue weighted by molar-refractivity contribution is 0.195. The van der Waals surface area contributed by atoms with Crippen molar-refractivity contribution in [1.29, 1.82) is 0 Å². The third-order valence-electron chi connectivity index (χ3n) is 0.328. The highest BCUT2D eigenvalue weighted by Crippen LogP contribution is 1.54. The number of carboxylic acid groups (broad SMARTS) is 1. The molecule has 0 radical (unpaired) electrons. The van der Waals surface area contributed by atoms with Crippen LogP contribution in [-0.4, -0.2) is 17.7 Å². The van der Waals surface area contributed by atoms with Crippen molar-refractivity contribution in [2.75, 3.05) is 6.54 Å². The molecule has 0 aliphatic carbocycles. The van der Waals surface area contributed by atoms with Crippen molar-refractivity contribution in [2.45, 2.75) is 6.92 Å². The van der Waals surface area contributed by atoms with Gasteiger partial charge in [0.15, 0.2) is 0 Å². The lowest BCUT2D eigenvalue weighted by atomic mass is 10.8. The Kier molecular flexibility index (Phi) is 8.02. The summed E-state index contributed by atoms with van der Waals surface area (Å²) in [5, 5.41) is 9.93. The number of rotatable bonds is 1. The Labute approximate surface area is 45.7 Å². The van der Waals surface area contributed by atoms with E-state index >= 15 is 0 Å². The predicted molar refractivity (Wildman–Crippen MR) is 32.8 cm³/mol. The second-order valence-corrected chi connectivity index (χ2v) is 0.835. The molecule has 0 heterocycles. The number of amides is 1. The van der Waals surface area contributed by atoms with Gasteiger partial charge in [-0.25, -0.2) is 4.79 Å². The van der Waals surface area contributed by atoms with E-state index in [1.54, 1.807) is 6.92 Å². The third-order valence-corrected chi connectivity index (χ3v) is 0.328. The lowest BCUT2D eigenvalue weighted by Crippen LogP contribution is -2.19. The molecule has 0 aromatic carbocycles. The van der Waals surface area contributed by atoms with Crippen molar-refractivity contribution in [3.63, 3.8) is 0 Å². The van der Waals surface area contributed by atoms with Crippen LogP contribution in [0.15, 0.2) is 0 Å². The highest BCUT2D eigenvalue weighted by atomic mass is 31.0. The quantitative estimate of drug-likeness (QED) is 0.493. The molecule has 7 heavy (non-hydrogen) atoms. The first-order valence-corrected chi connectivity index (χ1v) is 1.74. The highest BCUT2D eigenvalue weighted by molar-refractivity contribution is 6.92. The second-order valence-electron chi connectivity index (χ2n) is 0.835. The van der Waals surface area contributed by atoms with E-state index in [0.29, 0.717) is 6.54 Å². The molecule has 0 saturated carbocycles. The Morgan fingerprint density at radius 2 is 2.29 bits per heavy atom. The van der Waals surface area contributed by atoms with E-state index in [1.165, 1.54) is 0 Å². The lowest BCUT2D eigenvalue weighted by Gasteiger charge is -1.87.